The smallest absolute Gasteiger partial charge is 0.310 e. The van der Waals surface area contributed by atoms with Crippen molar-refractivity contribution in [1.82, 2.24) is 0 Å². The van der Waals surface area contributed by atoms with Gasteiger partial charge in [-0.15, -0.1) is 0 Å². The second kappa shape index (κ2) is 16.1. The maximum atomic E-state index is 11.7. The van der Waals surface area contributed by atoms with E-state index in [0.717, 1.165) is 36.8 Å². The summed E-state index contributed by atoms with van der Waals surface area (Å²) < 4.78 is 0. The molecule has 1 rings (SSSR count). The van der Waals surface area contributed by atoms with Gasteiger partial charge in [-0.2, -0.15) is 0 Å². The van der Waals surface area contributed by atoms with Crippen LogP contribution in [0.1, 0.15) is 114 Å². The summed E-state index contributed by atoms with van der Waals surface area (Å²) in [5.74, 6) is -0.988. The third-order valence-corrected chi connectivity index (χ3v) is 5.69. The zero-order valence-electron chi connectivity index (χ0n) is 18.7. The molecule has 0 radical (unpaired) electrons. The molecule has 1 atom stereocenters. The van der Waals surface area contributed by atoms with Crippen molar-refractivity contribution in [2.45, 2.75) is 110 Å². The third kappa shape index (κ3) is 11.1. The Bertz CT molecular complexity index is 592. The Balaban J connectivity index is 2.16. The van der Waals surface area contributed by atoms with Crippen LogP contribution >= 0.6 is 0 Å². The zero-order valence-corrected chi connectivity index (χ0v) is 18.7. The van der Waals surface area contributed by atoms with Crippen LogP contribution in [-0.4, -0.2) is 16.2 Å². The molecular weight excluding hydrogens is 360 g/mol. The molecule has 0 heterocycles. The van der Waals surface area contributed by atoms with Crippen LogP contribution in [0.3, 0.4) is 0 Å². The Kier molecular flexibility index (Phi) is 14.0. The lowest BCUT2D eigenvalue weighted by atomic mass is 9.91. The highest BCUT2D eigenvalue weighted by atomic mass is 16.4. The number of unbranched alkanes of at least 4 members (excludes halogenated alkanes) is 10. The number of hydrogen-bond donors (Lipinski definition) is 2. The molecule has 0 saturated heterocycles. The summed E-state index contributed by atoms with van der Waals surface area (Å²) in [7, 11) is 0. The first-order valence-corrected chi connectivity index (χ1v) is 11.8. The van der Waals surface area contributed by atoms with E-state index in [0.29, 0.717) is 12.8 Å². The van der Waals surface area contributed by atoms with Crippen molar-refractivity contribution < 1.29 is 15.0 Å². The SMILES string of the molecule is CCCCCCCC/C=C\CCCCCCC(C(=O)O)c1ccc(O)c(CC)c1. The van der Waals surface area contributed by atoms with E-state index in [1.54, 1.807) is 12.1 Å². The molecule has 29 heavy (non-hydrogen) atoms. The van der Waals surface area contributed by atoms with Gasteiger partial charge >= 0.3 is 5.97 Å². The summed E-state index contributed by atoms with van der Waals surface area (Å²) in [5.41, 5.74) is 1.63. The van der Waals surface area contributed by atoms with E-state index in [1.807, 2.05) is 13.0 Å². The van der Waals surface area contributed by atoms with Gasteiger partial charge in [0.05, 0.1) is 5.92 Å². The van der Waals surface area contributed by atoms with Gasteiger partial charge in [-0.05, 0) is 55.7 Å². The molecule has 0 amide bonds. The average Bonchev–Trinajstić information content (AvgIpc) is 2.71. The van der Waals surface area contributed by atoms with Gasteiger partial charge in [0, 0.05) is 0 Å². The number of rotatable bonds is 17. The van der Waals surface area contributed by atoms with E-state index < -0.39 is 11.9 Å². The Labute approximate surface area is 178 Å². The fraction of sp³-hybridized carbons (Fsp3) is 0.654. The van der Waals surface area contributed by atoms with Crippen molar-refractivity contribution in [2.24, 2.45) is 0 Å². The predicted octanol–water partition coefficient (Wildman–Crippen LogP) is 7.77. The number of carboxylic acids is 1. The molecule has 0 spiro atoms. The fourth-order valence-corrected chi connectivity index (χ4v) is 3.78. The van der Waals surface area contributed by atoms with Gasteiger partial charge in [0.1, 0.15) is 5.75 Å². The number of aromatic hydroxyl groups is 1. The summed E-state index contributed by atoms with van der Waals surface area (Å²) in [6.45, 7) is 4.22. The summed E-state index contributed by atoms with van der Waals surface area (Å²) in [6, 6.07) is 5.23. The van der Waals surface area contributed by atoms with Crippen molar-refractivity contribution in [2.75, 3.05) is 0 Å². The first-order valence-electron chi connectivity index (χ1n) is 11.8. The fourth-order valence-electron chi connectivity index (χ4n) is 3.78. The van der Waals surface area contributed by atoms with Gasteiger partial charge in [-0.1, -0.05) is 89.5 Å². The third-order valence-electron chi connectivity index (χ3n) is 5.69. The number of benzene rings is 1. The van der Waals surface area contributed by atoms with Gasteiger partial charge in [0.15, 0.2) is 0 Å². The van der Waals surface area contributed by atoms with Gasteiger partial charge in [0.2, 0.25) is 0 Å². The highest BCUT2D eigenvalue weighted by Crippen LogP contribution is 2.28. The van der Waals surface area contributed by atoms with E-state index in [2.05, 4.69) is 19.1 Å². The monoisotopic (exact) mass is 402 g/mol. The normalized spacial score (nSPS) is 12.5. The number of hydrogen-bond acceptors (Lipinski definition) is 2. The first-order chi connectivity index (χ1) is 14.1. The molecule has 3 heteroatoms. The Morgan fingerprint density at radius 3 is 2.07 bits per heavy atom. The zero-order chi connectivity index (χ0) is 21.3. The van der Waals surface area contributed by atoms with Crippen molar-refractivity contribution >= 4 is 5.97 Å². The van der Waals surface area contributed by atoms with Gasteiger partial charge in [-0.3, -0.25) is 4.79 Å². The molecular formula is C26H42O3. The van der Waals surface area contributed by atoms with Crippen LogP contribution in [0.15, 0.2) is 30.4 Å². The lowest BCUT2D eigenvalue weighted by Crippen LogP contribution is -2.12. The van der Waals surface area contributed by atoms with E-state index in [4.69, 9.17) is 0 Å². The molecule has 1 aromatic rings. The van der Waals surface area contributed by atoms with Crippen LogP contribution in [0.5, 0.6) is 5.75 Å². The lowest BCUT2D eigenvalue weighted by molar-refractivity contribution is -0.139. The summed E-state index contributed by atoms with van der Waals surface area (Å²) in [6.07, 6.45) is 20.8. The molecule has 0 aromatic heterocycles. The maximum Gasteiger partial charge on any atom is 0.310 e. The molecule has 2 N–H and O–H groups in total. The number of aliphatic carboxylic acids is 1. The molecule has 3 nitrogen and oxygen atoms in total. The highest BCUT2D eigenvalue weighted by molar-refractivity contribution is 5.76. The van der Waals surface area contributed by atoms with E-state index in [-0.39, 0.29) is 5.75 Å². The number of carbonyl (C=O) groups is 1. The van der Waals surface area contributed by atoms with Gasteiger partial charge in [0.25, 0.3) is 0 Å². The van der Waals surface area contributed by atoms with Crippen molar-refractivity contribution in [3.8, 4) is 5.75 Å². The standard InChI is InChI=1S/C26H42O3/c1-3-5-6-7-8-9-10-11-12-13-14-15-16-17-18-24(26(28)29)23-19-20-25(27)22(4-2)21-23/h11-12,19-21,24,27H,3-10,13-18H2,1-2H3,(H,28,29)/b12-11-. The first kappa shape index (κ1) is 25.3. The van der Waals surface area contributed by atoms with Crippen LogP contribution in [-0.2, 0) is 11.2 Å². The molecule has 1 aromatic carbocycles. The van der Waals surface area contributed by atoms with E-state index in [9.17, 15) is 15.0 Å². The maximum absolute atomic E-state index is 11.7. The van der Waals surface area contributed by atoms with Crippen LogP contribution in [0.25, 0.3) is 0 Å². The lowest BCUT2D eigenvalue weighted by Gasteiger charge is -2.14. The van der Waals surface area contributed by atoms with Gasteiger partial charge < -0.3 is 10.2 Å². The van der Waals surface area contributed by atoms with Crippen LogP contribution in [0.2, 0.25) is 0 Å². The minimum Gasteiger partial charge on any atom is -0.508 e. The number of aryl methyl sites for hydroxylation is 1. The minimum absolute atomic E-state index is 0.255. The Morgan fingerprint density at radius 2 is 1.48 bits per heavy atom. The molecule has 164 valence electrons. The van der Waals surface area contributed by atoms with Crippen LogP contribution in [0.4, 0.5) is 0 Å². The quantitative estimate of drug-likeness (QED) is 0.207. The number of carboxylic acid groups (broad SMARTS) is 1. The molecule has 1 unspecified atom stereocenters. The molecule has 0 bridgehead atoms. The summed E-state index contributed by atoms with van der Waals surface area (Å²) in [5, 5.41) is 19.4. The Hall–Kier alpha value is -1.77. The molecule has 0 aliphatic rings. The number of allylic oxidation sites excluding steroid dienone is 2. The van der Waals surface area contributed by atoms with E-state index >= 15 is 0 Å². The second-order valence-electron chi connectivity index (χ2n) is 8.15. The van der Waals surface area contributed by atoms with Crippen molar-refractivity contribution in [1.29, 1.82) is 0 Å². The van der Waals surface area contributed by atoms with Crippen molar-refractivity contribution in [3.63, 3.8) is 0 Å². The highest BCUT2D eigenvalue weighted by Gasteiger charge is 2.20. The van der Waals surface area contributed by atoms with E-state index in [1.165, 1.54) is 51.4 Å². The molecule has 0 fully saturated rings. The van der Waals surface area contributed by atoms with Crippen molar-refractivity contribution in [3.05, 3.63) is 41.5 Å². The molecule has 0 aliphatic carbocycles. The van der Waals surface area contributed by atoms with Crippen LogP contribution < -0.4 is 0 Å². The predicted molar refractivity (Wildman–Crippen MR) is 123 cm³/mol. The van der Waals surface area contributed by atoms with Gasteiger partial charge in [-0.25, -0.2) is 0 Å². The summed E-state index contributed by atoms with van der Waals surface area (Å²) in [4.78, 5) is 11.7. The largest absolute Gasteiger partial charge is 0.508 e. The average molecular weight is 403 g/mol. The number of phenols is 1. The number of phenolic OH excluding ortho intramolecular Hbond substituents is 1. The summed E-state index contributed by atoms with van der Waals surface area (Å²) >= 11 is 0. The second-order valence-corrected chi connectivity index (χ2v) is 8.15. The molecule has 0 aliphatic heterocycles. The Morgan fingerprint density at radius 1 is 0.897 bits per heavy atom. The molecule has 0 saturated carbocycles. The van der Waals surface area contributed by atoms with Crippen LogP contribution in [0, 0.1) is 0 Å². The minimum atomic E-state index is -0.768. The topological polar surface area (TPSA) is 57.5 Å².